The summed E-state index contributed by atoms with van der Waals surface area (Å²) in [7, 11) is 1.76. The van der Waals surface area contributed by atoms with Crippen molar-refractivity contribution >= 4 is 29.8 Å². The number of carbonyl (C=O) groups is 2. The van der Waals surface area contributed by atoms with E-state index in [9.17, 15) is 9.59 Å². The number of nitrogens with one attached hydrogen (secondary N) is 2. The lowest BCUT2D eigenvalue weighted by atomic mass is 9.97. The van der Waals surface area contributed by atoms with Crippen LogP contribution in [-0.4, -0.2) is 54.0 Å². The maximum absolute atomic E-state index is 13.2. The molecular formula is C31H37N5O3S. The number of fused-ring (bicyclic) bond motifs is 1. The van der Waals surface area contributed by atoms with E-state index < -0.39 is 6.10 Å². The molecule has 0 radical (unpaired) electrons. The first-order valence-electron chi connectivity index (χ1n) is 13.9. The van der Waals surface area contributed by atoms with Crippen molar-refractivity contribution in [3.05, 3.63) is 90.0 Å². The molecule has 3 aliphatic heterocycles. The monoisotopic (exact) mass is 559 g/mol. The third-order valence-electron chi connectivity index (χ3n) is 7.57. The van der Waals surface area contributed by atoms with Crippen molar-refractivity contribution in [2.45, 2.75) is 39.2 Å². The molecular weight excluding hydrogens is 522 g/mol. The Labute approximate surface area is 241 Å². The van der Waals surface area contributed by atoms with E-state index in [1.165, 1.54) is 12.1 Å². The van der Waals surface area contributed by atoms with Gasteiger partial charge in [0, 0.05) is 51.3 Å². The summed E-state index contributed by atoms with van der Waals surface area (Å²) in [4.78, 5) is 29.8. The topological polar surface area (TPSA) is 77.1 Å². The van der Waals surface area contributed by atoms with E-state index in [0.717, 1.165) is 59.7 Å². The lowest BCUT2D eigenvalue weighted by molar-refractivity contribution is -0.144. The molecule has 8 nitrogen and oxygen atoms in total. The molecule has 2 aromatic rings. The molecule has 40 heavy (non-hydrogen) atoms. The molecule has 3 amide bonds. The van der Waals surface area contributed by atoms with Crippen LogP contribution in [0.5, 0.6) is 0 Å². The number of piperidine rings is 1. The highest BCUT2D eigenvalue weighted by molar-refractivity contribution is 7.95. The summed E-state index contributed by atoms with van der Waals surface area (Å²) in [5.74, 6) is 0.771. The number of urea groups is 1. The van der Waals surface area contributed by atoms with Gasteiger partial charge in [0.05, 0.1) is 23.5 Å². The zero-order valence-corrected chi connectivity index (χ0v) is 24.1. The molecule has 2 N–H and O–H groups in total. The molecule has 0 aliphatic carbocycles. The Kier molecular flexibility index (Phi) is 8.81. The second-order valence-corrected chi connectivity index (χ2v) is 11.2. The molecule has 1 unspecified atom stereocenters. The summed E-state index contributed by atoms with van der Waals surface area (Å²) in [6.45, 7) is 6.31. The fraction of sp³-hybridized carbons (Fsp3) is 0.355. The molecule has 2 aromatic carbocycles. The number of carbonyl (C=O) groups excluding carboxylic acids is 2. The van der Waals surface area contributed by atoms with E-state index in [-0.39, 0.29) is 11.9 Å². The minimum absolute atomic E-state index is 0.0961. The third-order valence-corrected chi connectivity index (χ3v) is 8.31. The number of hydrogen-bond donors (Lipinski definition) is 2. The van der Waals surface area contributed by atoms with Gasteiger partial charge in [-0.3, -0.25) is 14.0 Å². The molecule has 1 atom stereocenters. The van der Waals surface area contributed by atoms with Crippen LogP contribution in [0.15, 0.2) is 84.5 Å². The van der Waals surface area contributed by atoms with Crippen molar-refractivity contribution in [2.24, 2.45) is 5.92 Å². The SMILES string of the molecule is CCOC(Cc1ccc(-c2cccc(N(C)C(=O)NC3=CC=CN4SNC=C34)c2)cc1)C(=O)N1CCC(C)CC1. The number of benzene rings is 2. The maximum atomic E-state index is 13.2. The van der Waals surface area contributed by atoms with Gasteiger partial charge in [-0.2, -0.15) is 0 Å². The number of ether oxygens (including phenoxy) is 1. The fourth-order valence-corrected chi connectivity index (χ4v) is 5.73. The molecule has 1 fully saturated rings. The third kappa shape index (κ3) is 6.37. The Morgan fingerprint density at radius 2 is 1.93 bits per heavy atom. The molecule has 0 spiro atoms. The van der Waals surface area contributed by atoms with Gasteiger partial charge in [0.2, 0.25) is 0 Å². The van der Waals surface area contributed by atoms with Crippen LogP contribution in [0.25, 0.3) is 11.1 Å². The van der Waals surface area contributed by atoms with Gasteiger partial charge < -0.3 is 19.7 Å². The number of rotatable bonds is 8. The van der Waals surface area contributed by atoms with Crippen molar-refractivity contribution in [2.75, 3.05) is 31.6 Å². The first-order valence-corrected chi connectivity index (χ1v) is 14.7. The van der Waals surface area contributed by atoms with E-state index in [1.54, 1.807) is 11.9 Å². The van der Waals surface area contributed by atoms with E-state index in [2.05, 4.69) is 41.2 Å². The molecule has 9 heteroatoms. The summed E-state index contributed by atoms with van der Waals surface area (Å²) in [5, 5.41) is 3.01. The summed E-state index contributed by atoms with van der Waals surface area (Å²) in [6, 6.07) is 15.9. The van der Waals surface area contributed by atoms with Crippen molar-refractivity contribution in [3.8, 4) is 11.1 Å². The van der Waals surface area contributed by atoms with E-state index in [1.807, 2.05) is 64.9 Å². The molecule has 1 saturated heterocycles. The average Bonchev–Trinajstić information content (AvgIpc) is 3.47. The Bertz CT molecular complexity index is 1310. The first-order chi connectivity index (χ1) is 19.4. The van der Waals surface area contributed by atoms with E-state index >= 15 is 0 Å². The standard InChI is InChI=1S/C31H37N5O3S/c1-4-39-29(30(37)35-17-14-22(2)15-18-35)19-23-10-12-24(13-11-23)25-7-5-8-26(20-25)34(3)31(38)33-27-9-6-16-36-28(27)21-32-40-36/h5-13,16,20-22,29,32H,4,14-15,17-19H2,1-3H3,(H,33,38). The minimum Gasteiger partial charge on any atom is -0.368 e. The number of allylic oxidation sites excluding steroid dienone is 2. The Morgan fingerprint density at radius 1 is 1.15 bits per heavy atom. The normalized spacial score (nSPS) is 17.5. The number of anilines is 1. The number of amides is 3. The van der Waals surface area contributed by atoms with Crippen LogP contribution in [0.1, 0.15) is 32.3 Å². The fourth-order valence-electron chi connectivity index (χ4n) is 5.08. The molecule has 3 aliphatic rings. The zero-order valence-electron chi connectivity index (χ0n) is 23.3. The second kappa shape index (κ2) is 12.7. The van der Waals surface area contributed by atoms with Crippen LogP contribution in [0, 0.1) is 5.92 Å². The molecule has 0 aromatic heterocycles. The van der Waals surface area contributed by atoms with Crippen molar-refractivity contribution in [1.82, 2.24) is 19.2 Å². The van der Waals surface area contributed by atoms with Gasteiger partial charge in [0.15, 0.2) is 0 Å². The molecule has 0 saturated carbocycles. The molecule has 3 heterocycles. The van der Waals surface area contributed by atoms with E-state index in [0.29, 0.717) is 18.9 Å². The quantitative estimate of drug-likeness (QED) is 0.421. The van der Waals surface area contributed by atoms with Crippen molar-refractivity contribution < 1.29 is 14.3 Å². The molecule has 0 bridgehead atoms. The van der Waals surface area contributed by atoms with Crippen LogP contribution in [0.3, 0.4) is 0 Å². The van der Waals surface area contributed by atoms with Gasteiger partial charge in [-0.15, -0.1) is 0 Å². The van der Waals surface area contributed by atoms with Crippen LogP contribution in [0.2, 0.25) is 0 Å². The van der Waals surface area contributed by atoms with Gasteiger partial charge in [-0.05, 0) is 66.7 Å². The zero-order chi connectivity index (χ0) is 28.1. The molecule has 210 valence electrons. The minimum atomic E-state index is -0.462. The average molecular weight is 560 g/mol. The second-order valence-electron chi connectivity index (χ2n) is 10.4. The lowest BCUT2D eigenvalue weighted by Gasteiger charge is -2.33. The van der Waals surface area contributed by atoms with Crippen LogP contribution in [0.4, 0.5) is 10.5 Å². The molecule has 5 rings (SSSR count). The van der Waals surface area contributed by atoms with Gasteiger partial charge >= 0.3 is 6.03 Å². The van der Waals surface area contributed by atoms with Gasteiger partial charge in [0.1, 0.15) is 6.10 Å². The van der Waals surface area contributed by atoms with E-state index in [4.69, 9.17) is 4.74 Å². The maximum Gasteiger partial charge on any atom is 0.326 e. The highest BCUT2D eigenvalue weighted by Gasteiger charge is 2.28. The number of nitrogens with zero attached hydrogens (tertiary/aromatic N) is 3. The predicted octanol–water partition coefficient (Wildman–Crippen LogP) is 5.43. The summed E-state index contributed by atoms with van der Waals surface area (Å²) < 4.78 is 10.9. The van der Waals surface area contributed by atoms with Crippen LogP contribution in [-0.2, 0) is 16.0 Å². The predicted molar refractivity (Wildman–Crippen MR) is 161 cm³/mol. The van der Waals surface area contributed by atoms with Gasteiger partial charge in [-0.25, -0.2) is 4.79 Å². The highest BCUT2D eigenvalue weighted by atomic mass is 32.2. The number of hydrogen-bond acceptors (Lipinski definition) is 6. The lowest BCUT2D eigenvalue weighted by Crippen LogP contribution is -2.45. The highest BCUT2D eigenvalue weighted by Crippen LogP contribution is 2.30. The van der Waals surface area contributed by atoms with Crippen molar-refractivity contribution in [3.63, 3.8) is 0 Å². The summed E-state index contributed by atoms with van der Waals surface area (Å²) in [5.41, 5.74) is 5.54. The van der Waals surface area contributed by atoms with Gasteiger partial charge in [0.25, 0.3) is 5.91 Å². The smallest absolute Gasteiger partial charge is 0.326 e. The van der Waals surface area contributed by atoms with Crippen LogP contribution >= 0.6 is 12.1 Å². The Balaban J connectivity index is 1.23. The van der Waals surface area contributed by atoms with Crippen LogP contribution < -0.4 is 14.9 Å². The Hall–Kier alpha value is -3.69. The largest absolute Gasteiger partial charge is 0.368 e. The summed E-state index contributed by atoms with van der Waals surface area (Å²) >= 11 is 1.45. The number of likely N-dealkylation sites (tertiary alicyclic amines) is 1. The summed E-state index contributed by atoms with van der Waals surface area (Å²) in [6.07, 6.45) is 9.79. The first kappa shape index (κ1) is 27.9. The van der Waals surface area contributed by atoms with Crippen molar-refractivity contribution in [1.29, 1.82) is 0 Å². The van der Waals surface area contributed by atoms with Gasteiger partial charge in [-0.1, -0.05) is 43.3 Å². The Morgan fingerprint density at radius 3 is 2.67 bits per heavy atom.